The van der Waals surface area contributed by atoms with Gasteiger partial charge in [0.25, 0.3) is 0 Å². The quantitative estimate of drug-likeness (QED) is 0.0434. The fourth-order valence-electron chi connectivity index (χ4n) is 3.65. The van der Waals surface area contributed by atoms with Crippen LogP contribution in [0.25, 0.3) is 0 Å². The van der Waals surface area contributed by atoms with E-state index in [2.05, 4.69) is 33.2 Å². The van der Waals surface area contributed by atoms with E-state index in [1.165, 1.54) is 4.90 Å². The van der Waals surface area contributed by atoms with E-state index in [0.29, 0.717) is 38.6 Å². The van der Waals surface area contributed by atoms with E-state index >= 15 is 0 Å². The van der Waals surface area contributed by atoms with Crippen LogP contribution in [0.5, 0.6) is 0 Å². The Balaban J connectivity index is 2.72. The molecule has 16 heteroatoms. The van der Waals surface area contributed by atoms with Crippen LogP contribution >= 0.6 is 12.6 Å². The topological polar surface area (TPSA) is 271 Å². The average molecular weight is 531 g/mol. The van der Waals surface area contributed by atoms with E-state index in [9.17, 15) is 24.3 Å². The molecule has 1 aliphatic rings. The number of nitrogens with zero attached hydrogens (tertiary/aromatic N) is 3. The van der Waals surface area contributed by atoms with Gasteiger partial charge in [0.15, 0.2) is 11.9 Å². The van der Waals surface area contributed by atoms with Gasteiger partial charge >= 0.3 is 5.97 Å². The van der Waals surface area contributed by atoms with E-state index in [0.717, 1.165) is 0 Å². The summed E-state index contributed by atoms with van der Waals surface area (Å²) in [5, 5.41) is 14.5. The maximum atomic E-state index is 13.1. The molecule has 0 spiro atoms. The van der Waals surface area contributed by atoms with Crippen molar-refractivity contribution in [3.8, 4) is 0 Å². The number of aliphatic carboxylic acids is 1. The number of rotatable bonds is 15. The predicted octanol–water partition coefficient (Wildman–Crippen LogP) is -3.60. The first-order chi connectivity index (χ1) is 17.0. The number of guanidine groups is 2. The molecular weight excluding hydrogens is 492 g/mol. The van der Waals surface area contributed by atoms with Gasteiger partial charge < -0.3 is 49.3 Å². The number of carbonyl (C=O) groups is 4. The normalized spacial score (nSPS) is 17.4. The summed E-state index contributed by atoms with van der Waals surface area (Å²) in [5.74, 6) is -3.02. The third-order valence-corrected chi connectivity index (χ3v) is 5.87. The molecule has 0 aromatic carbocycles. The molecule has 1 rings (SSSR count). The maximum absolute atomic E-state index is 13.1. The van der Waals surface area contributed by atoms with Crippen LogP contribution in [0.2, 0.25) is 0 Å². The first kappa shape index (κ1) is 30.8. The summed E-state index contributed by atoms with van der Waals surface area (Å²) in [5.41, 5.74) is 26.9. The standard InChI is InChI=1S/C20H38N10O5S/c21-11(4-1-7-26-19(22)23)15(31)29-13(10-36)17(33)30-9-3-6-14(30)16(32)28-12(18(34)35)5-2-8-27-20(24)25/h11-14,36H,1-10,21H2,(H,28,32)(H,29,31)(H,34,35)(H4,22,23,26)(H4,24,25,27)/t11-,12-,13-,14-/m0/s1. The number of nitrogens with two attached hydrogens (primary N) is 5. The fourth-order valence-corrected chi connectivity index (χ4v) is 3.89. The summed E-state index contributed by atoms with van der Waals surface area (Å²) < 4.78 is 0. The number of amides is 3. The molecule has 15 nitrogen and oxygen atoms in total. The lowest BCUT2D eigenvalue weighted by Crippen LogP contribution is -2.57. The summed E-state index contributed by atoms with van der Waals surface area (Å²) in [6, 6.07) is -3.93. The maximum Gasteiger partial charge on any atom is 0.326 e. The van der Waals surface area contributed by atoms with Gasteiger partial charge in [-0.2, -0.15) is 12.6 Å². The second-order valence-corrected chi connectivity index (χ2v) is 8.70. The highest BCUT2D eigenvalue weighted by Gasteiger charge is 2.38. The summed E-state index contributed by atoms with van der Waals surface area (Å²) in [6.45, 7) is 0.814. The van der Waals surface area contributed by atoms with E-state index < -0.39 is 47.9 Å². The minimum atomic E-state index is -1.21. The second kappa shape index (κ2) is 15.7. The zero-order valence-electron chi connectivity index (χ0n) is 20.1. The van der Waals surface area contributed by atoms with Gasteiger partial charge in [-0.05, 0) is 38.5 Å². The third kappa shape index (κ3) is 10.6. The number of carboxylic acids is 1. The fraction of sp³-hybridized carbons (Fsp3) is 0.700. The summed E-state index contributed by atoms with van der Waals surface area (Å²) in [7, 11) is 0. The minimum absolute atomic E-state index is 0.0152. The van der Waals surface area contributed by atoms with Crippen molar-refractivity contribution in [2.45, 2.75) is 62.7 Å². The van der Waals surface area contributed by atoms with Gasteiger partial charge in [-0.25, -0.2) is 4.79 Å². The molecule has 1 aliphatic heterocycles. The van der Waals surface area contributed by atoms with E-state index in [-0.39, 0.29) is 37.2 Å². The van der Waals surface area contributed by atoms with Crippen molar-refractivity contribution in [2.24, 2.45) is 38.7 Å². The zero-order valence-corrected chi connectivity index (χ0v) is 21.0. The zero-order chi connectivity index (χ0) is 27.3. The van der Waals surface area contributed by atoms with Gasteiger partial charge in [-0.1, -0.05) is 0 Å². The number of thiol groups is 1. The molecule has 0 aromatic heterocycles. The molecule has 0 unspecified atom stereocenters. The van der Waals surface area contributed by atoms with E-state index in [1.807, 2.05) is 0 Å². The first-order valence-electron chi connectivity index (χ1n) is 11.6. The molecule has 204 valence electrons. The number of hydrogen-bond acceptors (Lipinski definition) is 8. The van der Waals surface area contributed by atoms with Crippen molar-refractivity contribution >= 4 is 48.2 Å². The van der Waals surface area contributed by atoms with Crippen LogP contribution in [0, 0.1) is 0 Å². The number of carboxylic acid groups (broad SMARTS) is 1. The van der Waals surface area contributed by atoms with Gasteiger partial charge in [0.1, 0.15) is 18.1 Å². The van der Waals surface area contributed by atoms with Crippen LogP contribution < -0.4 is 39.3 Å². The lowest BCUT2D eigenvalue weighted by atomic mass is 10.1. The molecule has 1 fully saturated rings. The van der Waals surface area contributed by atoms with Gasteiger partial charge in [-0.15, -0.1) is 0 Å². The number of aliphatic imine (C=N–C) groups is 2. The number of likely N-dealkylation sites (tertiary alicyclic amines) is 1. The summed E-state index contributed by atoms with van der Waals surface area (Å²) >= 11 is 4.17. The Morgan fingerprint density at radius 3 is 2.08 bits per heavy atom. The van der Waals surface area contributed by atoms with Crippen molar-refractivity contribution in [1.29, 1.82) is 0 Å². The minimum Gasteiger partial charge on any atom is -0.480 e. The van der Waals surface area contributed by atoms with Crippen LogP contribution in [0.4, 0.5) is 0 Å². The Kier molecular flexibility index (Phi) is 13.4. The third-order valence-electron chi connectivity index (χ3n) is 5.50. The van der Waals surface area contributed by atoms with Gasteiger partial charge in [0, 0.05) is 25.4 Å². The van der Waals surface area contributed by atoms with Crippen LogP contribution in [-0.4, -0.2) is 95.2 Å². The molecule has 4 atom stereocenters. The summed E-state index contributed by atoms with van der Waals surface area (Å²) in [4.78, 5) is 59.0. The lowest BCUT2D eigenvalue weighted by Gasteiger charge is -2.29. The molecule has 0 aromatic rings. The molecule has 0 radical (unpaired) electrons. The number of hydrogen-bond donors (Lipinski definition) is 9. The van der Waals surface area contributed by atoms with Crippen molar-refractivity contribution in [2.75, 3.05) is 25.4 Å². The summed E-state index contributed by atoms with van der Waals surface area (Å²) in [6.07, 6.45) is 2.11. The lowest BCUT2D eigenvalue weighted by molar-refractivity contribution is -0.144. The van der Waals surface area contributed by atoms with Crippen molar-refractivity contribution < 1.29 is 24.3 Å². The molecule has 0 saturated carbocycles. The Morgan fingerprint density at radius 2 is 1.56 bits per heavy atom. The monoisotopic (exact) mass is 530 g/mol. The van der Waals surface area contributed by atoms with E-state index in [4.69, 9.17) is 28.7 Å². The first-order valence-corrected chi connectivity index (χ1v) is 12.2. The molecule has 0 bridgehead atoms. The van der Waals surface area contributed by atoms with Crippen LogP contribution in [-0.2, 0) is 19.2 Å². The molecular formula is C20H38N10O5S. The van der Waals surface area contributed by atoms with Gasteiger partial charge in [0.2, 0.25) is 17.7 Å². The molecule has 1 heterocycles. The highest BCUT2D eigenvalue weighted by Crippen LogP contribution is 2.19. The SMILES string of the molecule is NC(N)=NCCC[C@H](NC(=O)[C@@H]1CCCN1C(=O)[C@H](CS)NC(=O)[C@@H](N)CCCN=C(N)N)C(=O)O. The Bertz CT molecular complexity index is 832. The van der Waals surface area contributed by atoms with Crippen LogP contribution in [0.15, 0.2) is 9.98 Å². The van der Waals surface area contributed by atoms with Crippen LogP contribution in [0.1, 0.15) is 38.5 Å². The van der Waals surface area contributed by atoms with Crippen molar-refractivity contribution in [3.05, 3.63) is 0 Å². The Labute approximate surface area is 215 Å². The van der Waals surface area contributed by atoms with Crippen molar-refractivity contribution in [3.63, 3.8) is 0 Å². The van der Waals surface area contributed by atoms with Crippen LogP contribution in [0.3, 0.4) is 0 Å². The second-order valence-electron chi connectivity index (χ2n) is 8.34. The molecule has 36 heavy (non-hydrogen) atoms. The number of nitrogens with one attached hydrogen (secondary N) is 2. The predicted molar refractivity (Wildman–Crippen MR) is 138 cm³/mol. The molecule has 13 N–H and O–H groups in total. The highest BCUT2D eigenvalue weighted by atomic mass is 32.1. The van der Waals surface area contributed by atoms with Gasteiger partial charge in [-0.3, -0.25) is 24.4 Å². The highest BCUT2D eigenvalue weighted by molar-refractivity contribution is 7.80. The van der Waals surface area contributed by atoms with E-state index in [1.54, 1.807) is 0 Å². The molecule has 3 amide bonds. The molecule has 1 saturated heterocycles. The van der Waals surface area contributed by atoms with Gasteiger partial charge in [0.05, 0.1) is 6.04 Å². The molecule has 0 aliphatic carbocycles. The Hall–Kier alpha value is -3.27. The smallest absolute Gasteiger partial charge is 0.326 e. The average Bonchev–Trinajstić information content (AvgIpc) is 3.31. The Morgan fingerprint density at radius 1 is 0.972 bits per heavy atom. The van der Waals surface area contributed by atoms with Crippen molar-refractivity contribution in [1.82, 2.24) is 15.5 Å². The largest absolute Gasteiger partial charge is 0.480 e. The number of carbonyl (C=O) groups excluding carboxylic acids is 3.